The number of hydrogen-bond donors (Lipinski definition) is 1. The predicted molar refractivity (Wildman–Crippen MR) is 76.0 cm³/mol. The van der Waals surface area contributed by atoms with Crippen molar-refractivity contribution in [1.29, 1.82) is 0 Å². The monoisotopic (exact) mass is 322 g/mol. The van der Waals surface area contributed by atoms with Gasteiger partial charge in [0.15, 0.2) is 0 Å². The van der Waals surface area contributed by atoms with Crippen LogP contribution in [0.25, 0.3) is 0 Å². The second-order valence-corrected chi connectivity index (χ2v) is 7.68. The molecule has 2 rings (SSSR count). The minimum Gasteiger partial charge on any atom is -0.340 e. The number of rotatable bonds is 3. The van der Waals surface area contributed by atoms with Gasteiger partial charge in [0.2, 0.25) is 15.9 Å². The molecule has 106 valence electrons. The Morgan fingerprint density at radius 2 is 2.26 bits per heavy atom. The maximum atomic E-state index is 12.0. The molecule has 0 spiro atoms. The van der Waals surface area contributed by atoms with Crippen LogP contribution >= 0.6 is 22.9 Å². The van der Waals surface area contributed by atoms with E-state index in [9.17, 15) is 13.2 Å². The van der Waals surface area contributed by atoms with Gasteiger partial charge < -0.3 is 4.90 Å². The molecule has 0 aliphatic carbocycles. The van der Waals surface area contributed by atoms with Crippen molar-refractivity contribution in [3.63, 3.8) is 0 Å². The van der Waals surface area contributed by atoms with Crippen molar-refractivity contribution < 1.29 is 13.2 Å². The van der Waals surface area contributed by atoms with Gasteiger partial charge in [-0.1, -0.05) is 11.6 Å². The molecule has 1 amide bonds. The lowest BCUT2D eigenvalue weighted by Crippen LogP contribution is -2.34. The number of sulfonamides is 1. The van der Waals surface area contributed by atoms with Gasteiger partial charge in [-0.05, 0) is 12.5 Å². The van der Waals surface area contributed by atoms with Crippen molar-refractivity contribution in [2.75, 3.05) is 25.4 Å². The largest absolute Gasteiger partial charge is 0.340 e. The number of halogens is 1. The summed E-state index contributed by atoms with van der Waals surface area (Å²) in [7, 11) is -3.21. The molecular formula is C11H15ClN2O3S2. The molecule has 1 fully saturated rings. The third kappa shape index (κ3) is 4.45. The molecule has 8 heteroatoms. The number of amides is 1. The number of nitrogens with one attached hydrogen (secondary N) is 1. The fourth-order valence-corrected chi connectivity index (χ4v) is 3.96. The number of thiophene rings is 1. The van der Waals surface area contributed by atoms with Crippen molar-refractivity contribution in [2.45, 2.75) is 12.8 Å². The Labute approximate surface area is 121 Å². The summed E-state index contributed by atoms with van der Waals surface area (Å²) < 4.78 is 25.2. The Morgan fingerprint density at radius 3 is 2.95 bits per heavy atom. The minimum absolute atomic E-state index is 0.0107. The summed E-state index contributed by atoms with van der Waals surface area (Å²) in [4.78, 5) is 14.7. The highest BCUT2D eigenvalue weighted by atomic mass is 35.5. The van der Waals surface area contributed by atoms with Crippen molar-refractivity contribution in [1.82, 2.24) is 9.62 Å². The molecule has 1 aliphatic heterocycles. The van der Waals surface area contributed by atoms with Gasteiger partial charge in [-0.2, -0.15) is 0 Å². The minimum atomic E-state index is -3.21. The highest BCUT2D eigenvalue weighted by Gasteiger charge is 2.21. The first kappa shape index (κ1) is 14.8. The van der Waals surface area contributed by atoms with Gasteiger partial charge in [-0.25, -0.2) is 13.1 Å². The average Bonchev–Trinajstić information content (AvgIpc) is 2.67. The number of nitrogens with zero attached hydrogens (tertiary/aromatic N) is 1. The van der Waals surface area contributed by atoms with Crippen molar-refractivity contribution in [3.05, 3.63) is 21.3 Å². The van der Waals surface area contributed by atoms with Crippen LogP contribution in [0, 0.1) is 0 Å². The second-order valence-electron chi connectivity index (χ2n) is 4.33. The maximum absolute atomic E-state index is 12.0. The van der Waals surface area contributed by atoms with E-state index in [0.717, 1.165) is 4.88 Å². The fraction of sp³-hybridized carbons (Fsp3) is 0.545. The van der Waals surface area contributed by atoms with Crippen LogP contribution in [0.4, 0.5) is 0 Å². The Bertz CT molecular complexity index is 556. The molecular weight excluding hydrogens is 308 g/mol. The quantitative estimate of drug-likeness (QED) is 0.906. The number of carbonyl (C=O) groups is 1. The maximum Gasteiger partial charge on any atom is 0.223 e. The normalized spacial score (nSPS) is 19.1. The molecule has 0 atom stereocenters. The van der Waals surface area contributed by atoms with Gasteiger partial charge in [0.05, 0.1) is 10.8 Å². The Hall–Kier alpha value is -0.630. The van der Waals surface area contributed by atoms with E-state index >= 15 is 0 Å². The SMILES string of the molecule is O=C(CCc1cc(Cl)cs1)N1CCNS(=O)(=O)CC1. The van der Waals surface area contributed by atoms with E-state index in [1.807, 2.05) is 11.4 Å². The summed E-state index contributed by atoms with van der Waals surface area (Å²) in [5, 5.41) is 2.53. The summed E-state index contributed by atoms with van der Waals surface area (Å²) in [6.07, 6.45) is 1.03. The lowest BCUT2D eigenvalue weighted by Gasteiger charge is -2.19. The van der Waals surface area contributed by atoms with Crippen molar-refractivity contribution in [3.8, 4) is 0 Å². The molecule has 5 nitrogen and oxygen atoms in total. The molecule has 1 saturated heterocycles. The number of hydrogen-bond acceptors (Lipinski definition) is 4. The lowest BCUT2D eigenvalue weighted by atomic mass is 10.2. The van der Waals surface area contributed by atoms with Crippen LogP contribution in [0.5, 0.6) is 0 Å². The lowest BCUT2D eigenvalue weighted by molar-refractivity contribution is -0.130. The first-order valence-corrected chi connectivity index (χ1v) is 8.85. The van der Waals surface area contributed by atoms with Gasteiger partial charge in [-0.15, -0.1) is 11.3 Å². The molecule has 1 aromatic heterocycles. The molecule has 2 heterocycles. The molecule has 1 aromatic rings. The zero-order valence-corrected chi connectivity index (χ0v) is 12.7. The van der Waals surface area contributed by atoms with E-state index in [-0.39, 0.29) is 18.2 Å². The molecule has 1 aliphatic rings. The molecule has 1 N–H and O–H groups in total. The highest BCUT2D eigenvalue weighted by molar-refractivity contribution is 7.89. The summed E-state index contributed by atoms with van der Waals surface area (Å²) >= 11 is 7.35. The van der Waals surface area contributed by atoms with Crippen LogP contribution < -0.4 is 4.72 Å². The van der Waals surface area contributed by atoms with E-state index in [1.165, 1.54) is 11.3 Å². The third-order valence-electron chi connectivity index (χ3n) is 2.89. The predicted octanol–water partition coefficient (Wildman–Crippen LogP) is 1.10. The average molecular weight is 323 g/mol. The second kappa shape index (κ2) is 6.21. The standard InChI is InChI=1S/C11H15ClN2O3S2/c12-9-7-10(18-8-9)1-2-11(15)14-4-3-13-19(16,17)6-5-14/h7-8,13H,1-6H2. The Kier molecular flexibility index (Phi) is 4.83. The van der Waals surface area contributed by atoms with Crippen LogP contribution in [-0.2, 0) is 21.2 Å². The van der Waals surface area contributed by atoms with Crippen molar-refractivity contribution in [2.24, 2.45) is 0 Å². The number of aryl methyl sites for hydroxylation is 1. The van der Waals surface area contributed by atoms with Crippen LogP contribution in [0.1, 0.15) is 11.3 Å². The van der Waals surface area contributed by atoms with E-state index in [1.54, 1.807) is 4.90 Å². The summed E-state index contributed by atoms with van der Waals surface area (Å²) in [6.45, 7) is 0.988. The topological polar surface area (TPSA) is 66.5 Å². The van der Waals surface area contributed by atoms with Crippen LogP contribution in [0.15, 0.2) is 11.4 Å². The smallest absolute Gasteiger partial charge is 0.223 e. The zero-order chi connectivity index (χ0) is 13.9. The fourth-order valence-electron chi connectivity index (χ4n) is 1.87. The van der Waals surface area contributed by atoms with E-state index in [2.05, 4.69) is 4.72 Å². The first-order valence-electron chi connectivity index (χ1n) is 5.94. The summed E-state index contributed by atoms with van der Waals surface area (Å²) in [6, 6.07) is 1.86. The van der Waals surface area contributed by atoms with Gasteiger partial charge >= 0.3 is 0 Å². The third-order valence-corrected chi connectivity index (χ3v) is 5.60. The van der Waals surface area contributed by atoms with E-state index in [0.29, 0.717) is 31.0 Å². The van der Waals surface area contributed by atoms with Gasteiger partial charge in [0.25, 0.3) is 0 Å². The molecule has 0 aromatic carbocycles. The zero-order valence-electron chi connectivity index (χ0n) is 10.3. The molecule has 0 unspecified atom stereocenters. The molecule has 0 saturated carbocycles. The van der Waals surface area contributed by atoms with Gasteiger partial charge in [-0.3, -0.25) is 4.79 Å². The van der Waals surface area contributed by atoms with Crippen molar-refractivity contribution >= 4 is 38.9 Å². The van der Waals surface area contributed by atoms with Gasteiger partial charge in [0, 0.05) is 36.3 Å². The summed E-state index contributed by atoms with van der Waals surface area (Å²) in [5.74, 6) is -0.0350. The number of carbonyl (C=O) groups excluding carboxylic acids is 1. The molecule has 19 heavy (non-hydrogen) atoms. The Balaban J connectivity index is 1.86. The van der Waals surface area contributed by atoms with Crippen LogP contribution in [-0.4, -0.2) is 44.6 Å². The van der Waals surface area contributed by atoms with Crippen LogP contribution in [0.2, 0.25) is 5.02 Å². The van der Waals surface area contributed by atoms with E-state index < -0.39 is 10.0 Å². The van der Waals surface area contributed by atoms with E-state index in [4.69, 9.17) is 11.6 Å². The highest BCUT2D eigenvalue weighted by Crippen LogP contribution is 2.20. The molecule has 0 radical (unpaired) electrons. The summed E-state index contributed by atoms with van der Waals surface area (Å²) in [5.41, 5.74) is 0. The Morgan fingerprint density at radius 1 is 1.47 bits per heavy atom. The molecule has 0 bridgehead atoms. The van der Waals surface area contributed by atoms with Gasteiger partial charge in [0.1, 0.15) is 0 Å². The first-order chi connectivity index (χ1) is 8.96. The van der Waals surface area contributed by atoms with Crippen LogP contribution in [0.3, 0.4) is 0 Å².